The summed E-state index contributed by atoms with van der Waals surface area (Å²) in [5.74, 6) is 2.44. The van der Waals surface area contributed by atoms with Gasteiger partial charge in [0.25, 0.3) is 0 Å². The van der Waals surface area contributed by atoms with Gasteiger partial charge in [-0.15, -0.1) is 0 Å². The van der Waals surface area contributed by atoms with Crippen molar-refractivity contribution >= 4 is 34.3 Å². The highest BCUT2D eigenvalue weighted by molar-refractivity contribution is 5.92. The van der Waals surface area contributed by atoms with E-state index in [1.807, 2.05) is 16.9 Å². The van der Waals surface area contributed by atoms with Crippen molar-refractivity contribution in [3.05, 3.63) is 24.5 Å². The SMILES string of the molecule is CCC(C)n1nc(N2CCC(O)C2)c2cnc(Nc3ccnc(N4CC[C@H](O)[C@H](F)C4)n3)cc21. The number of nitrogens with one attached hydrogen (secondary N) is 1. The van der Waals surface area contributed by atoms with Gasteiger partial charge in [-0.05, 0) is 32.3 Å². The van der Waals surface area contributed by atoms with E-state index in [1.165, 1.54) is 0 Å². The molecule has 0 amide bonds. The first-order valence-electron chi connectivity index (χ1n) is 11.9. The number of alkyl halides is 1. The van der Waals surface area contributed by atoms with E-state index >= 15 is 0 Å². The molecule has 3 aromatic heterocycles. The maximum atomic E-state index is 14.0. The smallest absolute Gasteiger partial charge is 0.227 e. The molecule has 0 aromatic carbocycles. The lowest BCUT2D eigenvalue weighted by Crippen LogP contribution is -2.45. The number of anilines is 4. The number of nitrogens with zero attached hydrogens (tertiary/aromatic N) is 7. The van der Waals surface area contributed by atoms with E-state index < -0.39 is 12.3 Å². The van der Waals surface area contributed by atoms with E-state index in [2.05, 4.69) is 39.0 Å². The molecule has 0 saturated carbocycles. The van der Waals surface area contributed by atoms with Crippen molar-refractivity contribution in [2.45, 2.75) is 57.5 Å². The van der Waals surface area contributed by atoms with E-state index in [4.69, 9.17) is 5.10 Å². The predicted octanol–water partition coefficient (Wildman–Crippen LogP) is 2.42. The molecule has 0 radical (unpaired) electrons. The summed E-state index contributed by atoms with van der Waals surface area (Å²) in [5, 5.41) is 28.7. The van der Waals surface area contributed by atoms with Crippen molar-refractivity contribution in [3.8, 4) is 0 Å². The van der Waals surface area contributed by atoms with Gasteiger partial charge in [-0.25, -0.2) is 14.4 Å². The van der Waals surface area contributed by atoms with Gasteiger partial charge >= 0.3 is 0 Å². The Bertz CT molecular complexity index is 1160. The molecular formula is C23H31FN8O2. The van der Waals surface area contributed by atoms with Crippen LogP contribution in [0, 0.1) is 0 Å². The summed E-state index contributed by atoms with van der Waals surface area (Å²) in [6.07, 6.45) is 2.87. The first-order chi connectivity index (χ1) is 16.4. The highest BCUT2D eigenvalue weighted by Gasteiger charge is 2.29. The second-order valence-corrected chi connectivity index (χ2v) is 9.19. The monoisotopic (exact) mass is 470 g/mol. The summed E-state index contributed by atoms with van der Waals surface area (Å²) in [4.78, 5) is 17.3. The fourth-order valence-electron chi connectivity index (χ4n) is 4.54. The molecule has 0 spiro atoms. The first kappa shape index (κ1) is 22.7. The third-order valence-corrected chi connectivity index (χ3v) is 6.73. The van der Waals surface area contributed by atoms with Crippen LogP contribution >= 0.6 is 0 Å². The summed E-state index contributed by atoms with van der Waals surface area (Å²) < 4.78 is 16.0. The number of aliphatic hydroxyl groups is 2. The van der Waals surface area contributed by atoms with Gasteiger partial charge in [-0.1, -0.05) is 6.92 Å². The van der Waals surface area contributed by atoms with Crippen molar-refractivity contribution in [3.63, 3.8) is 0 Å². The average Bonchev–Trinajstić information content (AvgIpc) is 3.43. The summed E-state index contributed by atoms with van der Waals surface area (Å²) in [6, 6.07) is 3.90. The number of aliphatic hydroxyl groups excluding tert-OH is 2. The predicted molar refractivity (Wildman–Crippen MR) is 128 cm³/mol. The molecular weight excluding hydrogens is 439 g/mol. The van der Waals surface area contributed by atoms with Crippen LogP contribution in [0.1, 0.15) is 39.2 Å². The van der Waals surface area contributed by atoms with E-state index in [0.29, 0.717) is 37.1 Å². The molecule has 34 heavy (non-hydrogen) atoms. The molecule has 5 rings (SSSR count). The Hall–Kier alpha value is -3.05. The summed E-state index contributed by atoms with van der Waals surface area (Å²) in [6.45, 7) is 6.16. The minimum atomic E-state index is -1.32. The summed E-state index contributed by atoms with van der Waals surface area (Å²) in [5.41, 5.74) is 0.961. The number of fused-ring (bicyclic) bond motifs is 1. The molecule has 2 saturated heterocycles. The quantitative estimate of drug-likeness (QED) is 0.499. The number of rotatable bonds is 6. The molecule has 0 bridgehead atoms. The van der Waals surface area contributed by atoms with E-state index in [0.717, 1.165) is 36.1 Å². The van der Waals surface area contributed by atoms with Crippen molar-refractivity contribution < 1.29 is 14.6 Å². The topological polar surface area (TPSA) is 115 Å². The Morgan fingerprint density at radius 1 is 1.15 bits per heavy atom. The standard InChI is InChI=1S/C23H31FN8O2/c1-3-14(2)32-18-10-21(26-11-16(18)22(29-32)30-8-5-15(33)12-30)27-20-4-7-25-23(28-20)31-9-6-19(34)17(24)13-31/h4,7,10-11,14-15,17,19,33-34H,3,5-6,8-9,12-13H2,1-2H3,(H,25,26,27,28)/t14?,15?,17-,19+/m1/s1. The van der Waals surface area contributed by atoms with Crippen molar-refractivity contribution in [2.75, 3.05) is 41.3 Å². The minimum absolute atomic E-state index is 0.0664. The highest BCUT2D eigenvalue weighted by Crippen LogP contribution is 2.32. The molecule has 2 aliphatic heterocycles. The molecule has 2 aliphatic rings. The molecule has 4 atom stereocenters. The van der Waals surface area contributed by atoms with Crippen LogP contribution in [-0.2, 0) is 0 Å². The van der Waals surface area contributed by atoms with Crippen LogP contribution in [0.15, 0.2) is 24.5 Å². The van der Waals surface area contributed by atoms with Crippen LogP contribution in [0.5, 0.6) is 0 Å². The number of hydrogen-bond donors (Lipinski definition) is 3. The van der Waals surface area contributed by atoms with Crippen molar-refractivity contribution in [2.24, 2.45) is 0 Å². The zero-order valence-corrected chi connectivity index (χ0v) is 19.5. The zero-order valence-electron chi connectivity index (χ0n) is 19.5. The second-order valence-electron chi connectivity index (χ2n) is 9.19. The molecule has 0 aliphatic carbocycles. The normalized spacial score (nSPS) is 24.1. The maximum absolute atomic E-state index is 14.0. The third kappa shape index (κ3) is 4.37. The zero-order chi connectivity index (χ0) is 23.8. The van der Waals surface area contributed by atoms with Gasteiger partial charge in [-0.3, -0.25) is 4.68 Å². The molecule has 5 heterocycles. The third-order valence-electron chi connectivity index (χ3n) is 6.73. The van der Waals surface area contributed by atoms with Gasteiger partial charge in [0.2, 0.25) is 5.95 Å². The molecule has 11 heteroatoms. The van der Waals surface area contributed by atoms with Gasteiger partial charge in [0.15, 0.2) is 5.82 Å². The highest BCUT2D eigenvalue weighted by atomic mass is 19.1. The van der Waals surface area contributed by atoms with Gasteiger partial charge in [0, 0.05) is 44.1 Å². The Morgan fingerprint density at radius 2 is 1.97 bits per heavy atom. The van der Waals surface area contributed by atoms with Crippen LogP contribution in [0.4, 0.5) is 27.8 Å². The van der Waals surface area contributed by atoms with Gasteiger partial charge in [0.05, 0.1) is 29.7 Å². The molecule has 2 fully saturated rings. The van der Waals surface area contributed by atoms with Crippen LogP contribution < -0.4 is 15.1 Å². The summed E-state index contributed by atoms with van der Waals surface area (Å²) >= 11 is 0. The number of piperidine rings is 1. The molecule has 3 aromatic rings. The van der Waals surface area contributed by atoms with Crippen molar-refractivity contribution in [1.29, 1.82) is 0 Å². The summed E-state index contributed by atoms with van der Waals surface area (Å²) in [7, 11) is 0. The Kier molecular flexibility index (Phi) is 6.22. The van der Waals surface area contributed by atoms with Crippen LogP contribution in [0.3, 0.4) is 0 Å². The fraction of sp³-hybridized carbons (Fsp3) is 0.565. The molecule has 182 valence electrons. The largest absolute Gasteiger partial charge is 0.391 e. The number of β-amino-alcohol motifs (C(OH)–C–C–N with tert-alkyl or cyclic N) is 1. The lowest BCUT2D eigenvalue weighted by molar-refractivity contribution is 0.0612. The van der Waals surface area contributed by atoms with Gasteiger partial charge in [-0.2, -0.15) is 10.1 Å². The lowest BCUT2D eigenvalue weighted by atomic mass is 10.1. The number of hydrogen-bond acceptors (Lipinski definition) is 9. The molecule has 10 nitrogen and oxygen atoms in total. The van der Waals surface area contributed by atoms with Crippen LogP contribution in [-0.4, -0.2) is 79.5 Å². The molecule has 3 N–H and O–H groups in total. The maximum Gasteiger partial charge on any atom is 0.227 e. The average molecular weight is 471 g/mol. The second kappa shape index (κ2) is 9.30. The van der Waals surface area contributed by atoms with Crippen molar-refractivity contribution in [1.82, 2.24) is 24.7 Å². The number of pyridine rings is 1. The van der Waals surface area contributed by atoms with Crippen LogP contribution in [0.25, 0.3) is 10.9 Å². The van der Waals surface area contributed by atoms with Gasteiger partial charge in [0.1, 0.15) is 17.8 Å². The number of aromatic nitrogens is 5. The number of halogens is 1. The fourth-order valence-corrected chi connectivity index (χ4v) is 4.54. The van der Waals surface area contributed by atoms with E-state index in [9.17, 15) is 14.6 Å². The van der Waals surface area contributed by atoms with Gasteiger partial charge < -0.3 is 25.3 Å². The lowest BCUT2D eigenvalue weighted by Gasteiger charge is -2.32. The van der Waals surface area contributed by atoms with Crippen LogP contribution in [0.2, 0.25) is 0 Å². The molecule has 2 unspecified atom stereocenters. The minimum Gasteiger partial charge on any atom is -0.391 e. The van der Waals surface area contributed by atoms with E-state index in [1.54, 1.807) is 17.2 Å². The Morgan fingerprint density at radius 3 is 2.71 bits per heavy atom. The first-order valence-corrected chi connectivity index (χ1v) is 11.9. The Balaban J connectivity index is 1.42. The Labute approximate surface area is 197 Å². The van der Waals surface area contributed by atoms with E-state index in [-0.39, 0.29) is 18.7 Å².